The number of nitrogens with one attached hydrogen (secondary N) is 1. The summed E-state index contributed by atoms with van der Waals surface area (Å²) in [4.78, 5) is 6.91. The van der Waals surface area contributed by atoms with Crippen LogP contribution < -0.4 is 10.1 Å². The summed E-state index contributed by atoms with van der Waals surface area (Å²) in [6.45, 7) is 12.2. The van der Waals surface area contributed by atoms with Gasteiger partial charge in [0.2, 0.25) is 5.88 Å². The number of hydrogen-bond acceptors (Lipinski definition) is 4. The standard InChI is InChI=1S/C17H29N3O/c1-6-17(4)12-20(15(10-19-17)13(2)3)11-14-8-7-9-18-16(14)21-5/h7-9,13,15,19H,6,10-12H2,1-5H3. The lowest BCUT2D eigenvalue weighted by atomic mass is 9.89. The number of piperazine rings is 1. The van der Waals surface area contributed by atoms with Gasteiger partial charge in [-0.3, -0.25) is 4.90 Å². The van der Waals surface area contributed by atoms with Crippen molar-refractivity contribution >= 4 is 0 Å². The highest BCUT2D eigenvalue weighted by Gasteiger charge is 2.35. The van der Waals surface area contributed by atoms with E-state index in [4.69, 9.17) is 4.74 Å². The summed E-state index contributed by atoms with van der Waals surface area (Å²) in [6.07, 6.45) is 2.93. The lowest BCUT2D eigenvalue weighted by Gasteiger charge is -2.47. The number of nitrogens with zero attached hydrogens (tertiary/aromatic N) is 2. The number of hydrogen-bond donors (Lipinski definition) is 1. The Hall–Kier alpha value is -1.13. The molecule has 1 fully saturated rings. The minimum Gasteiger partial charge on any atom is -0.481 e. The Bertz CT molecular complexity index is 463. The second kappa shape index (κ2) is 6.75. The summed E-state index contributed by atoms with van der Waals surface area (Å²) in [6, 6.07) is 4.66. The number of aromatic nitrogens is 1. The molecule has 0 aromatic carbocycles. The van der Waals surface area contributed by atoms with Crippen molar-refractivity contribution in [2.75, 3.05) is 20.2 Å². The van der Waals surface area contributed by atoms with Gasteiger partial charge in [0, 0.05) is 43.0 Å². The number of ether oxygens (including phenoxy) is 1. The van der Waals surface area contributed by atoms with Crippen molar-refractivity contribution in [3.05, 3.63) is 23.9 Å². The van der Waals surface area contributed by atoms with Crippen LogP contribution in [0, 0.1) is 5.92 Å². The van der Waals surface area contributed by atoms with Crippen LogP contribution in [0.15, 0.2) is 18.3 Å². The fourth-order valence-corrected chi connectivity index (χ4v) is 3.12. The van der Waals surface area contributed by atoms with Crippen LogP contribution in [0.1, 0.15) is 39.7 Å². The Morgan fingerprint density at radius 2 is 2.29 bits per heavy atom. The first-order chi connectivity index (χ1) is 9.99. The molecule has 1 aliphatic rings. The summed E-state index contributed by atoms with van der Waals surface area (Å²) < 4.78 is 5.41. The molecule has 4 nitrogen and oxygen atoms in total. The zero-order valence-electron chi connectivity index (χ0n) is 14.0. The van der Waals surface area contributed by atoms with E-state index in [9.17, 15) is 0 Å². The average Bonchev–Trinajstić information content (AvgIpc) is 2.47. The Labute approximate surface area is 128 Å². The molecule has 0 bridgehead atoms. The monoisotopic (exact) mass is 291 g/mol. The highest BCUT2D eigenvalue weighted by molar-refractivity contribution is 5.25. The van der Waals surface area contributed by atoms with Crippen LogP contribution in [0.4, 0.5) is 0 Å². The van der Waals surface area contributed by atoms with Gasteiger partial charge in [0.15, 0.2) is 0 Å². The van der Waals surface area contributed by atoms with Gasteiger partial charge in [0.1, 0.15) is 0 Å². The first-order valence-electron chi connectivity index (χ1n) is 7.96. The van der Waals surface area contributed by atoms with Crippen molar-refractivity contribution in [3.8, 4) is 5.88 Å². The lowest BCUT2D eigenvalue weighted by Crippen LogP contribution is -2.63. The third kappa shape index (κ3) is 3.74. The van der Waals surface area contributed by atoms with Crippen molar-refractivity contribution in [2.45, 2.75) is 52.2 Å². The Kier molecular flexibility index (Phi) is 5.22. The van der Waals surface area contributed by atoms with Gasteiger partial charge >= 0.3 is 0 Å². The lowest BCUT2D eigenvalue weighted by molar-refractivity contribution is 0.0531. The molecule has 0 amide bonds. The third-order valence-corrected chi connectivity index (χ3v) is 4.73. The van der Waals surface area contributed by atoms with Gasteiger partial charge in [-0.25, -0.2) is 4.98 Å². The smallest absolute Gasteiger partial charge is 0.217 e. The molecule has 2 atom stereocenters. The van der Waals surface area contributed by atoms with Crippen LogP contribution in [0.3, 0.4) is 0 Å². The van der Waals surface area contributed by atoms with E-state index in [-0.39, 0.29) is 5.54 Å². The van der Waals surface area contributed by atoms with Crippen molar-refractivity contribution < 1.29 is 4.74 Å². The zero-order valence-corrected chi connectivity index (χ0v) is 14.0. The zero-order chi connectivity index (χ0) is 15.5. The quantitative estimate of drug-likeness (QED) is 0.905. The van der Waals surface area contributed by atoms with E-state index in [1.807, 2.05) is 6.07 Å². The minimum absolute atomic E-state index is 0.195. The summed E-state index contributed by atoms with van der Waals surface area (Å²) in [7, 11) is 1.69. The van der Waals surface area contributed by atoms with Crippen LogP contribution in [0.5, 0.6) is 5.88 Å². The molecule has 1 saturated heterocycles. The fourth-order valence-electron chi connectivity index (χ4n) is 3.12. The molecular formula is C17H29N3O. The van der Waals surface area contributed by atoms with E-state index >= 15 is 0 Å². The molecular weight excluding hydrogens is 262 g/mol. The Morgan fingerprint density at radius 3 is 2.90 bits per heavy atom. The maximum atomic E-state index is 5.41. The highest BCUT2D eigenvalue weighted by atomic mass is 16.5. The van der Waals surface area contributed by atoms with E-state index in [2.05, 4.69) is 49.0 Å². The van der Waals surface area contributed by atoms with Crippen LogP contribution in [0.25, 0.3) is 0 Å². The first-order valence-corrected chi connectivity index (χ1v) is 7.96. The van der Waals surface area contributed by atoms with Crippen LogP contribution in [-0.2, 0) is 6.54 Å². The van der Waals surface area contributed by atoms with Gasteiger partial charge in [0.25, 0.3) is 0 Å². The molecule has 2 rings (SSSR count). The minimum atomic E-state index is 0.195. The molecule has 0 saturated carbocycles. The topological polar surface area (TPSA) is 37.4 Å². The van der Waals surface area contributed by atoms with E-state index in [1.165, 1.54) is 5.56 Å². The molecule has 1 aliphatic heterocycles. The van der Waals surface area contributed by atoms with E-state index < -0.39 is 0 Å². The Balaban J connectivity index is 2.20. The first kappa shape index (κ1) is 16.2. The molecule has 2 heterocycles. The van der Waals surface area contributed by atoms with Gasteiger partial charge < -0.3 is 10.1 Å². The summed E-state index contributed by atoms with van der Waals surface area (Å²) in [5.41, 5.74) is 1.37. The van der Waals surface area contributed by atoms with Crippen LogP contribution in [-0.4, -0.2) is 41.7 Å². The number of pyridine rings is 1. The van der Waals surface area contributed by atoms with Gasteiger partial charge in [-0.1, -0.05) is 26.8 Å². The highest BCUT2D eigenvalue weighted by Crippen LogP contribution is 2.26. The molecule has 4 heteroatoms. The summed E-state index contributed by atoms with van der Waals surface area (Å²) >= 11 is 0. The van der Waals surface area contributed by atoms with Crippen molar-refractivity contribution in [1.29, 1.82) is 0 Å². The molecule has 1 N–H and O–H groups in total. The van der Waals surface area contributed by atoms with Crippen molar-refractivity contribution in [3.63, 3.8) is 0 Å². The fraction of sp³-hybridized carbons (Fsp3) is 0.706. The number of methoxy groups -OCH3 is 1. The molecule has 21 heavy (non-hydrogen) atoms. The van der Waals surface area contributed by atoms with Crippen molar-refractivity contribution in [2.24, 2.45) is 5.92 Å². The predicted molar refractivity (Wildman–Crippen MR) is 86.5 cm³/mol. The third-order valence-electron chi connectivity index (χ3n) is 4.73. The average molecular weight is 291 g/mol. The molecule has 1 aromatic heterocycles. The summed E-state index contributed by atoms with van der Waals surface area (Å²) in [5, 5.41) is 3.73. The van der Waals surface area contributed by atoms with Gasteiger partial charge in [-0.2, -0.15) is 0 Å². The normalized spacial score (nSPS) is 27.0. The molecule has 0 radical (unpaired) electrons. The molecule has 2 unspecified atom stereocenters. The van der Waals surface area contributed by atoms with E-state index in [1.54, 1.807) is 13.3 Å². The van der Waals surface area contributed by atoms with Gasteiger partial charge in [-0.05, 0) is 25.3 Å². The van der Waals surface area contributed by atoms with Crippen molar-refractivity contribution in [1.82, 2.24) is 15.2 Å². The molecule has 1 aromatic rings. The van der Waals surface area contributed by atoms with E-state index in [0.29, 0.717) is 12.0 Å². The van der Waals surface area contributed by atoms with Gasteiger partial charge in [-0.15, -0.1) is 0 Å². The van der Waals surface area contributed by atoms with Gasteiger partial charge in [0.05, 0.1) is 7.11 Å². The summed E-state index contributed by atoms with van der Waals surface area (Å²) in [5.74, 6) is 1.37. The molecule has 118 valence electrons. The van der Waals surface area contributed by atoms with Crippen LogP contribution in [0.2, 0.25) is 0 Å². The molecule has 0 spiro atoms. The van der Waals surface area contributed by atoms with Crippen LogP contribution >= 0.6 is 0 Å². The predicted octanol–water partition coefficient (Wildman–Crippen LogP) is 2.69. The SMILES string of the molecule is CCC1(C)CN(Cc2cccnc2OC)C(C(C)C)CN1. The number of rotatable bonds is 5. The maximum absolute atomic E-state index is 5.41. The largest absolute Gasteiger partial charge is 0.481 e. The second-order valence-electron chi connectivity index (χ2n) is 6.68. The molecule has 0 aliphatic carbocycles. The Morgan fingerprint density at radius 1 is 1.52 bits per heavy atom. The second-order valence-corrected chi connectivity index (χ2v) is 6.68. The van der Waals surface area contributed by atoms with E-state index in [0.717, 1.165) is 31.9 Å². The maximum Gasteiger partial charge on any atom is 0.217 e.